The monoisotopic (exact) mass is 184 g/mol. The second-order valence-corrected chi connectivity index (χ2v) is 4.26. The lowest BCUT2D eigenvalue weighted by Gasteiger charge is -2.32. The van der Waals surface area contributed by atoms with Gasteiger partial charge in [-0.2, -0.15) is 0 Å². The second kappa shape index (κ2) is 4.61. The molecule has 0 spiro atoms. The van der Waals surface area contributed by atoms with E-state index in [4.69, 9.17) is 11.5 Å². The average molecular weight is 184 g/mol. The molecule has 76 valence electrons. The Labute approximate surface area is 79.9 Å². The number of carbonyl (C=O) groups is 1. The molecule has 0 aromatic rings. The van der Waals surface area contributed by atoms with Crippen molar-refractivity contribution in [2.75, 3.05) is 0 Å². The highest BCUT2D eigenvalue weighted by atomic mass is 16.1. The molecule has 0 aromatic heterocycles. The van der Waals surface area contributed by atoms with E-state index < -0.39 is 0 Å². The molecule has 3 heteroatoms. The maximum absolute atomic E-state index is 10.7. The largest absolute Gasteiger partial charge is 0.370 e. The van der Waals surface area contributed by atoms with Crippen LogP contribution in [0.1, 0.15) is 39.0 Å². The molecule has 3 nitrogen and oxygen atoms in total. The summed E-state index contributed by atoms with van der Waals surface area (Å²) >= 11 is 0. The van der Waals surface area contributed by atoms with Crippen molar-refractivity contribution in [3.8, 4) is 0 Å². The summed E-state index contributed by atoms with van der Waals surface area (Å²) in [5, 5.41) is 0. The Morgan fingerprint density at radius 2 is 2.08 bits per heavy atom. The van der Waals surface area contributed by atoms with E-state index in [9.17, 15) is 4.79 Å². The minimum absolute atomic E-state index is 0.0206. The van der Waals surface area contributed by atoms with Gasteiger partial charge in [-0.25, -0.2) is 0 Å². The van der Waals surface area contributed by atoms with Crippen LogP contribution in [0.3, 0.4) is 0 Å². The third-order valence-electron chi connectivity index (χ3n) is 3.16. The first-order valence-corrected chi connectivity index (χ1v) is 5.15. The van der Waals surface area contributed by atoms with Crippen LogP contribution in [0.5, 0.6) is 0 Å². The first-order chi connectivity index (χ1) is 6.11. The number of primary amides is 1. The average Bonchev–Trinajstić information content (AvgIpc) is 2.03. The van der Waals surface area contributed by atoms with E-state index in [1.54, 1.807) is 0 Å². The highest BCUT2D eigenvalue weighted by molar-refractivity contribution is 5.74. The van der Waals surface area contributed by atoms with Crippen LogP contribution in [0.25, 0.3) is 0 Å². The zero-order valence-corrected chi connectivity index (χ0v) is 8.33. The van der Waals surface area contributed by atoms with Gasteiger partial charge in [-0.15, -0.1) is 0 Å². The fourth-order valence-corrected chi connectivity index (χ4v) is 2.36. The topological polar surface area (TPSA) is 69.1 Å². The summed E-state index contributed by atoms with van der Waals surface area (Å²) in [4.78, 5) is 10.7. The van der Waals surface area contributed by atoms with Crippen molar-refractivity contribution in [1.82, 2.24) is 0 Å². The van der Waals surface area contributed by atoms with Gasteiger partial charge in [-0.05, 0) is 18.3 Å². The van der Waals surface area contributed by atoms with Crippen LogP contribution in [-0.4, -0.2) is 11.9 Å². The first-order valence-electron chi connectivity index (χ1n) is 5.15. The molecular formula is C10H20N2O. The Balaban J connectivity index is 2.43. The van der Waals surface area contributed by atoms with Crippen molar-refractivity contribution in [2.45, 2.75) is 45.1 Å². The van der Waals surface area contributed by atoms with Gasteiger partial charge in [0.2, 0.25) is 5.91 Å². The van der Waals surface area contributed by atoms with E-state index in [1.165, 1.54) is 19.3 Å². The summed E-state index contributed by atoms with van der Waals surface area (Å²) in [6.07, 6.45) is 5.31. The van der Waals surface area contributed by atoms with E-state index in [1.807, 2.05) is 0 Å². The van der Waals surface area contributed by atoms with Gasteiger partial charge < -0.3 is 11.5 Å². The molecule has 0 radical (unpaired) electrons. The molecule has 3 unspecified atom stereocenters. The molecule has 13 heavy (non-hydrogen) atoms. The summed E-state index contributed by atoms with van der Waals surface area (Å²) in [6.45, 7) is 2.23. The fraction of sp³-hybridized carbons (Fsp3) is 0.900. The fourth-order valence-electron chi connectivity index (χ4n) is 2.36. The normalized spacial score (nSPS) is 31.2. The van der Waals surface area contributed by atoms with Crippen molar-refractivity contribution in [1.29, 1.82) is 0 Å². The van der Waals surface area contributed by atoms with Crippen LogP contribution in [-0.2, 0) is 4.79 Å². The highest BCUT2D eigenvalue weighted by Crippen LogP contribution is 2.31. The second-order valence-electron chi connectivity index (χ2n) is 4.26. The summed E-state index contributed by atoms with van der Waals surface area (Å²) in [5.41, 5.74) is 11.1. The molecular weight excluding hydrogens is 164 g/mol. The maximum Gasteiger partial charge on any atom is 0.218 e. The molecule has 3 atom stereocenters. The van der Waals surface area contributed by atoms with Gasteiger partial charge in [0.25, 0.3) is 0 Å². The lowest BCUT2D eigenvalue weighted by molar-refractivity contribution is -0.118. The predicted octanol–water partition coefficient (Wildman–Crippen LogP) is 1.02. The van der Waals surface area contributed by atoms with Gasteiger partial charge in [0, 0.05) is 12.5 Å². The molecule has 0 aromatic carbocycles. The third kappa shape index (κ3) is 2.99. The van der Waals surface area contributed by atoms with E-state index in [0.717, 1.165) is 6.42 Å². The lowest BCUT2D eigenvalue weighted by atomic mass is 9.75. The van der Waals surface area contributed by atoms with Gasteiger partial charge in [0.05, 0.1) is 0 Å². The quantitative estimate of drug-likeness (QED) is 0.687. The molecule has 1 aliphatic rings. The number of rotatable bonds is 3. The number of hydrogen-bond donors (Lipinski definition) is 2. The van der Waals surface area contributed by atoms with Gasteiger partial charge >= 0.3 is 0 Å². The summed E-state index contributed by atoms with van der Waals surface area (Å²) in [6, 6.07) is -0.0206. The Bertz CT molecular complexity index is 182. The van der Waals surface area contributed by atoms with Gasteiger partial charge in [-0.3, -0.25) is 4.79 Å². The first kappa shape index (κ1) is 10.5. The van der Waals surface area contributed by atoms with Gasteiger partial charge in [0.15, 0.2) is 0 Å². The number of hydrogen-bond acceptors (Lipinski definition) is 2. The van der Waals surface area contributed by atoms with Crippen LogP contribution < -0.4 is 11.5 Å². The molecule has 0 aliphatic heterocycles. The van der Waals surface area contributed by atoms with Crippen LogP contribution in [0, 0.1) is 11.8 Å². The summed E-state index contributed by atoms with van der Waals surface area (Å²) in [7, 11) is 0. The molecule has 1 fully saturated rings. The van der Waals surface area contributed by atoms with Gasteiger partial charge in [-0.1, -0.05) is 26.2 Å². The molecule has 1 amide bonds. The molecule has 0 heterocycles. The molecule has 1 rings (SSSR count). The SMILES string of the molecule is CC1CCCCC1C(N)CC(N)=O. The Morgan fingerprint density at radius 3 is 2.62 bits per heavy atom. The lowest BCUT2D eigenvalue weighted by Crippen LogP contribution is -2.39. The number of carbonyl (C=O) groups excluding carboxylic acids is 1. The van der Waals surface area contributed by atoms with Crippen LogP contribution >= 0.6 is 0 Å². The summed E-state index contributed by atoms with van der Waals surface area (Å²) < 4.78 is 0. The zero-order chi connectivity index (χ0) is 9.84. The van der Waals surface area contributed by atoms with Crippen molar-refractivity contribution in [3.63, 3.8) is 0 Å². The molecule has 0 bridgehead atoms. The molecule has 0 saturated heterocycles. The van der Waals surface area contributed by atoms with Crippen molar-refractivity contribution < 1.29 is 4.79 Å². The molecule has 1 aliphatic carbocycles. The van der Waals surface area contributed by atoms with Crippen molar-refractivity contribution in [3.05, 3.63) is 0 Å². The van der Waals surface area contributed by atoms with E-state index in [2.05, 4.69) is 6.92 Å². The summed E-state index contributed by atoms with van der Waals surface area (Å²) in [5.74, 6) is 0.884. The Kier molecular flexibility index (Phi) is 3.72. The standard InChI is InChI=1S/C10H20N2O/c1-7-4-2-3-5-8(7)9(11)6-10(12)13/h7-9H,2-6,11H2,1H3,(H2,12,13). The number of amides is 1. The van der Waals surface area contributed by atoms with Crippen molar-refractivity contribution >= 4 is 5.91 Å². The predicted molar refractivity (Wildman–Crippen MR) is 52.9 cm³/mol. The maximum atomic E-state index is 10.7. The minimum Gasteiger partial charge on any atom is -0.370 e. The molecule has 1 saturated carbocycles. The van der Waals surface area contributed by atoms with Gasteiger partial charge in [0.1, 0.15) is 0 Å². The highest BCUT2D eigenvalue weighted by Gasteiger charge is 2.27. The van der Waals surface area contributed by atoms with Crippen LogP contribution in [0.2, 0.25) is 0 Å². The molecule has 4 N–H and O–H groups in total. The number of nitrogens with two attached hydrogens (primary N) is 2. The zero-order valence-electron chi connectivity index (χ0n) is 8.33. The van der Waals surface area contributed by atoms with Crippen LogP contribution in [0.4, 0.5) is 0 Å². The Morgan fingerprint density at radius 1 is 1.46 bits per heavy atom. The third-order valence-corrected chi connectivity index (χ3v) is 3.16. The van der Waals surface area contributed by atoms with E-state index in [-0.39, 0.29) is 11.9 Å². The Hall–Kier alpha value is -0.570. The van der Waals surface area contributed by atoms with Crippen LogP contribution in [0.15, 0.2) is 0 Å². The minimum atomic E-state index is -0.273. The van der Waals surface area contributed by atoms with E-state index in [0.29, 0.717) is 18.3 Å². The van der Waals surface area contributed by atoms with E-state index >= 15 is 0 Å². The van der Waals surface area contributed by atoms with Crippen molar-refractivity contribution in [2.24, 2.45) is 23.3 Å². The smallest absolute Gasteiger partial charge is 0.218 e.